The second kappa shape index (κ2) is 6.23. The maximum absolute atomic E-state index is 12.9. The van der Waals surface area contributed by atoms with Crippen molar-refractivity contribution in [1.82, 2.24) is 4.72 Å². The number of hydrogen-bond acceptors (Lipinski definition) is 3. The molecule has 0 unspecified atom stereocenters. The summed E-state index contributed by atoms with van der Waals surface area (Å²) in [5, 5.41) is 1.84. The molecule has 0 aliphatic heterocycles. The van der Waals surface area contributed by atoms with Crippen molar-refractivity contribution in [1.29, 1.82) is 0 Å². The molecule has 1 aliphatic carbocycles. The molecule has 0 fully saturated rings. The molecule has 0 spiro atoms. The third kappa shape index (κ3) is 2.87. The van der Waals surface area contributed by atoms with Gasteiger partial charge >= 0.3 is 0 Å². The SMILES string of the molecule is NC(=O)c1ccc(CNS(=O)(=O)c2ccc3c4c(cccc24)CC3)cc1. The summed E-state index contributed by atoms with van der Waals surface area (Å²) in [6, 6.07) is 16.0. The minimum atomic E-state index is -3.66. The lowest BCUT2D eigenvalue weighted by molar-refractivity contribution is 0.100. The van der Waals surface area contributed by atoms with Crippen LogP contribution < -0.4 is 10.5 Å². The summed E-state index contributed by atoms with van der Waals surface area (Å²) in [5.41, 5.74) is 8.77. The summed E-state index contributed by atoms with van der Waals surface area (Å²) in [7, 11) is -3.66. The Bertz CT molecular complexity index is 1110. The molecule has 0 radical (unpaired) electrons. The van der Waals surface area contributed by atoms with Crippen molar-refractivity contribution < 1.29 is 13.2 Å². The number of benzene rings is 3. The highest BCUT2D eigenvalue weighted by atomic mass is 32.2. The van der Waals surface area contributed by atoms with Crippen molar-refractivity contribution in [2.45, 2.75) is 24.3 Å². The number of sulfonamides is 1. The molecule has 0 saturated carbocycles. The standard InChI is InChI=1S/C20H18N2O3S/c21-20(23)16-6-4-13(5-7-16)12-22-26(24,25)18-11-10-15-9-8-14-2-1-3-17(18)19(14)15/h1-7,10-11,22H,8-9,12H2,(H2,21,23). The number of carbonyl (C=O) groups excluding carboxylic acids is 1. The molecule has 3 aromatic carbocycles. The molecule has 0 bridgehead atoms. The molecule has 4 rings (SSSR count). The summed E-state index contributed by atoms with van der Waals surface area (Å²) in [6.07, 6.45) is 1.91. The molecule has 3 N–H and O–H groups in total. The summed E-state index contributed by atoms with van der Waals surface area (Å²) in [4.78, 5) is 11.4. The first-order valence-electron chi connectivity index (χ1n) is 8.37. The highest BCUT2D eigenvalue weighted by Crippen LogP contribution is 2.34. The van der Waals surface area contributed by atoms with Crippen LogP contribution in [-0.4, -0.2) is 14.3 Å². The summed E-state index contributed by atoms with van der Waals surface area (Å²) in [5.74, 6) is -0.509. The molecule has 5 nitrogen and oxygen atoms in total. The van der Waals surface area contributed by atoms with E-state index in [1.165, 1.54) is 11.1 Å². The molecule has 3 aromatic rings. The molecule has 26 heavy (non-hydrogen) atoms. The zero-order chi connectivity index (χ0) is 18.3. The van der Waals surface area contributed by atoms with E-state index in [4.69, 9.17) is 5.73 Å². The lowest BCUT2D eigenvalue weighted by atomic mass is 10.1. The van der Waals surface area contributed by atoms with Gasteiger partial charge in [-0.1, -0.05) is 36.4 Å². The Hall–Kier alpha value is -2.70. The van der Waals surface area contributed by atoms with E-state index >= 15 is 0 Å². The highest BCUT2D eigenvalue weighted by Gasteiger charge is 2.22. The third-order valence-corrected chi connectivity index (χ3v) is 6.29. The van der Waals surface area contributed by atoms with Crippen LogP contribution in [0.1, 0.15) is 27.0 Å². The minimum absolute atomic E-state index is 0.143. The van der Waals surface area contributed by atoms with E-state index in [0.717, 1.165) is 29.2 Å². The molecule has 1 amide bonds. The van der Waals surface area contributed by atoms with Gasteiger partial charge in [0.2, 0.25) is 15.9 Å². The maximum Gasteiger partial charge on any atom is 0.248 e. The van der Waals surface area contributed by atoms with Crippen molar-refractivity contribution in [3.63, 3.8) is 0 Å². The lowest BCUT2D eigenvalue weighted by Gasteiger charge is -2.11. The van der Waals surface area contributed by atoms with Gasteiger partial charge in [-0.3, -0.25) is 4.79 Å². The van der Waals surface area contributed by atoms with Crippen LogP contribution in [0.4, 0.5) is 0 Å². The van der Waals surface area contributed by atoms with Crippen molar-refractivity contribution in [3.05, 3.63) is 76.9 Å². The molecule has 0 saturated heterocycles. The van der Waals surface area contributed by atoms with Crippen molar-refractivity contribution >= 4 is 26.7 Å². The number of carbonyl (C=O) groups is 1. The molecule has 132 valence electrons. The molecule has 0 aromatic heterocycles. The predicted octanol–water partition coefficient (Wildman–Crippen LogP) is 2.52. The second-order valence-electron chi connectivity index (χ2n) is 6.45. The van der Waals surface area contributed by atoms with Gasteiger partial charge in [0.05, 0.1) is 4.90 Å². The third-order valence-electron chi connectivity index (χ3n) is 4.83. The van der Waals surface area contributed by atoms with Crippen molar-refractivity contribution in [2.24, 2.45) is 5.73 Å². The Labute approximate surface area is 151 Å². The van der Waals surface area contributed by atoms with Crippen LogP contribution in [0.3, 0.4) is 0 Å². The number of nitrogens with two attached hydrogens (primary N) is 1. The van der Waals surface area contributed by atoms with Gasteiger partial charge < -0.3 is 5.73 Å². The molecule has 0 heterocycles. The number of primary amides is 1. The summed E-state index contributed by atoms with van der Waals surface area (Å²) >= 11 is 0. The zero-order valence-corrected chi connectivity index (χ0v) is 14.8. The molecular weight excluding hydrogens is 348 g/mol. The average Bonchev–Trinajstić information content (AvgIpc) is 3.06. The number of hydrogen-bond donors (Lipinski definition) is 2. The number of rotatable bonds is 5. The van der Waals surface area contributed by atoms with E-state index in [1.54, 1.807) is 30.3 Å². The van der Waals surface area contributed by atoms with E-state index in [9.17, 15) is 13.2 Å². The van der Waals surface area contributed by atoms with E-state index in [1.807, 2.05) is 18.2 Å². The quantitative estimate of drug-likeness (QED) is 0.727. The average molecular weight is 366 g/mol. The van der Waals surface area contributed by atoms with Gasteiger partial charge in [-0.2, -0.15) is 0 Å². The van der Waals surface area contributed by atoms with E-state index < -0.39 is 15.9 Å². The Morgan fingerprint density at radius 1 is 0.962 bits per heavy atom. The van der Waals surface area contributed by atoms with Crippen molar-refractivity contribution in [2.75, 3.05) is 0 Å². The van der Waals surface area contributed by atoms with E-state index in [-0.39, 0.29) is 6.54 Å². The fourth-order valence-corrected chi connectivity index (χ4v) is 4.72. The smallest absolute Gasteiger partial charge is 0.248 e. The largest absolute Gasteiger partial charge is 0.366 e. The highest BCUT2D eigenvalue weighted by molar-refractivity contribution is 7.89. The lowest BCUT2D eigenvalue weighted by Crippen LogP contribution is -2.23. The maximum atomic E-state index is 12.9. The van der Waals surface area contributed by atoms with E-state index in [2.05, 4.69) is 10.8 Å². The van der Waals surface area contributed by atoms with Gasteiger partial charge in [-0.05, 0) is 53.1 Å². The summed E-state index contributed by atoms with van der Waals surface area (Å²) < 4.78 is 28.4. The zero-order valence-electron chi connectivity index (χ0n) is 14.0. The van der Waals surface area contributed by atoms with Crippen LogP contribution in [0, 0.1) is 0 Å². The van der Waals surface area contributed by atoms with Crippen LogP contribution in [0.2, 0.25) is 0 Å². The first-order chi connectivity index (χ1) is 12.5. The van der Waals surface area contributed by atoms with Gasteiger partial charge in [0.1, 0.15) is 0 Å². The Balaban J connectivity index is 1.63. The van der Waals surface area contributed by atoms with Crippen LogP contribution in [-0.2, 0) is 29.4 Å². The number of aryl methyl sites for hydroxylation is 2. The second-order valence-corrected chi connectivity index (χ2v) is 8.18. The normalized spacial score (nSPS) is 13.2. The fraction of sp³-hybridized carbons (Fsp3) is 0.150. The van der Waals surface area contributed by atoms with Gasteiger partial charge in [-0.15, -0.1) is 0 Å². The summed E-state index contributed by atoms with van der Waals surface area (Å²) in [6.45, 7) is 0.143. The first-order valence-corrected chi connectivity index (χ1v) is 9.86. The Morgan fingerprint density at radius 2 is 1.65 bits per heavy atom. The number of nitrogens with one attached hydrogen (secondary N) is 1. The monoisotopic (exact) mass is 366 g/mol. The van der Waals surface area contributed by atoms with Crippen LogP contribution in [0.25, 0.3) is 10.8 Å². The van der Waals surface area contributed by atoms with E-state index in [0.29, 0.717) is 10.5 Å². The molecule has 0 atom stereocenters. The van der Waals surface area contributed by atoms with Gasteiger partial charge in [-0.25, -0.2) is 13.1 Å². The molecule has 1 aliphatic rings. The molecular formula is C20H18N2O3S. The molecule has 6 heteroatoms. The van der Waals surface area contributed by atoms with Gasteiger partial charge in [0, 0.05) is 17.5 Å². The Kier molecular flexibility index (Phi) is 4.01. The van der Waals surface area contributed by atoms with Crippen molar-refractivity contribution in [3.8, 4) is 0 Å². The van der Waals surface area contributed by atoms with Crippen LogP contribution in [0.5, 0.6) is 0 Å². The van der Waals surface area contributed by atoms with Crippen LogP contribution >= 0.6 is 0 Å². The van der Waals surface area contributed by atoms with Gasteiger partial charge in [0.25, 0.3) is 0 Å². The predicted molar refractivity (Wildman–Crippen MR) is 100 cm³/mol. The Morgan fingerprint density at radius 3 is 2.35 bits per heavy atom. The van der Waals surface area contributed by atoms with Gasteiger partial charge in [0.15, 0.2) is 0 Å². The minimum Gasteiger partial charge on any atom is -0.366 e. The van der Waals surface area contributed by atoms with Crippen LogP contribution in [0.15, 0.2) is 59.5 Å². The fourth-order valence-electron chi connectivity index (χ4n) is 3.50. The number of amides is 1. The first kappa shape index (κ1) is 16.8. The topological polar surface area (TPSA) is 89.3 Å².